The topological polar surface area (TPSA) is 106 Å². The molecule has 1 aliphatic heterocycles. The molecule has 0 atom stereocenters. The smallest absolute Gasteiger partial charge is 0.326 e. The van der Waals surface area contributed by atoms with Crippen molar-refractivity contribution < 1.29 is 28.6 Å². The lowest BCUT2D eigenvalue weighted by molar-refractivity contribution is -0.133. The number of hydrogen-bond acceptors (Lipinski definition) is 6. The van der Waals surface area contributed by atoms with Gasteiger partial charge in [-0.25, -0.2) is 4.79 Å². The average Bonchev–Trinajstić information content (AvgIpc) is 3.24. The Morgan fingerprint density at radius 1 is 0.725 bits per heavy atom. The number of nitrogens with one attached hydrogen (secondary N) is 2. The summed E-state index contributed by atoms with van der Waals surface area (Å²) in [7, 11) is 3.09. The first kappa shape index (κ1) is 26.3. The molecule has 9 heteroatoms. The first-order valence-corrected chi connectivity index (χ1v) is 12.5. The molecule has 5 rings (SSSR count). The maximum atomic E-state index is 13.9. The number of carbonyl (C=O) groups excluding carboxylic acids is 3. The molecule has 202 valence electrons. The van der Waals surface area contributed by atoms with Gasteiger partial charge in [0, 0.05) is 5.69 Å². The predicted molar refractivity (Wildman–Crippen MR) is 149 cm³/mol. The third-order valence-electron chi connectivity index (χ3n) is 6.57. The third-order valence-corrected chi connectivity index (χ3v) is 6.57. The minimum absolute atomic E-state index is 0.471. The number of carbonyl (C=O) groups is 3. The fourth-order valence-corrected chi connectivity index (χ4v) is 4.53. The molecule has 9 nitrogen and oxygen atoms in total. The summed E-state index contributed by atoms with van der Waals surface area (Å²) in [5, 5.41) is 5.57. The normalized spacial score (nSPS) is 13.9. The van der Waals surface area contributed by atoms with E-state index in [-0.39, 0.29) is 0 Å². The van der Waals surface area contributed by atoms with Crippen molar-refractivity contribution in [1.82, 2.24) is 10.2 Å². The highest BCUT2D eigenvalue weighted by molar-refractivity contribution is 6.12. The molecule has 0 aromatic heterocycles. The van der Waals surface area contributed by atoms with E-state index in [2.05, 4.69) is 10.6 Å². The van der Waals surface area contributed by atoms with Gasteiger partial charge in [0.15, 0.2) is 5.54 Å². The molecule has 4 amide bonds. The molecule has 1 saturated heterocycles. The lowest BCUT2D eigenvalue weighted by Gasteiger charge is -2.28. The van der Waals surface area contributed by atoms with Gasteiger partial charge in [0.05, 0.1) is 14.2 Å². The number of anilines is 1. The van der Waals surface area contributed by atoms with Crippen LogP contribution in [0.2, 0.25) is 0 Å². The Labute approximate surface area is 231 Å². The highest BCUT2D eigenvalue weighted by Crippen LogP contribution is 2.37. The van der Waals surface area contributed by atoms with Crippen molar-refractivity contribution >= 4 is 23.5 Å². The Bertz CT molecular complexity index is 1460. The second kappa shape index (κ2) is 11.2. The highest BCUT2D eigenvalue weighted by atomic mass is 16.5. The van der Waals surface area contributed by atoms with Gasteiger partial charge in [0.2, 0.25) is 5.91 Å². The number of methoxy groups -OCH3 is 2. The molecule has 1 heterocycles. The number of benzene rings is 4. The van der Waals surface area contributed by atoms with E-state index >= 15 is 0 Å². The van der Waals surface area contributed by atoms with E-state index in [9.17, 15) is 14.4 Å². The van der Waals surface area contributed by atoms with Crippen molar-refractivity contribution in [3.8, 4) is 23.0 Å². The first-order valence-electron chi connectivity index (χ1n) is 12.5. The van der Waals surface area contributed by atoms with Gasteiger partial charge < -0.3 is 24.8 Å². The molecule has 4 aromatic carbocycles. The summed E-state index contributed by atoms with van der Waals surface area (Å²) in [4.78, 5) is 40.9. The Kier molecular flexibility index (Phi) is 7.37. The summed E-state index contributed by atoms with van der Waals surface area (Å²) >= 11 is 0. The van der Waals surface area contributed by atoms with E-state index < -0.39 is 29.9 Å². The van der Waals surface area contributed by atoms with Gasteiger partial charge in [-0.1, -0.05) is 42.5 Å². The molecule has 2 N–H and O–H groups in total. The van der Waals surface area contributed by atoms with Crippen LogP contribution in [0.25, 0.3) is 0 Å². The number of ether oxygens (including phenoxy) is 3. The minimum Gasteiger partial charge on any atom is -0.497 e. The number of para-hydroxylation sites is 1. The summed E-state index contributed by atoms with van der Waals surface area (Å²) in [5.41, 5.74) is 0.00304. The summed E-state index contributed by atoms with van der Waals surface area (Å²) < 4.78 is 16.3. The van der Waals surface area contributed by atoms with Crippen LogP contribution >= 0.6 is 0 Å². The van der Waals surface area contributed by atoms with Crippen LogP contribution in [-0.2, 0) is 15.1 Å². The fraction of sp³-hybridized carbons (Fsp3) is 0.129. The van der Waals surface area contributed by atoms with Gasteiger partial charge >= 0.3 is 6.03 Å². The molecule has 4 aromatic rings. The molecule has 0 aliphatic carbocycles. The van der Waals surface area contributed by atoms with Crippen LogP contribution in [-0.4, -0.2) is 43.5 Å². The first-order chi connectivity index (χ1) is 19.4. The van der Waals surface area contributed by atoms with Crippen molar-refractivity contribution in [2.75, 3.05) is 26.1 Å². The maximum absolute atomic E-state index is 13.9. The lowest BCUT2D eigenvalue weighted by atomic mass is 9.82. The van der Waals surface area contributed by atoms with E-state index in [0.29, 0.717) is 39.8 Å². The van der Waals surface area contributed by atoms with E-state index in [1.807, 2.05) is 30.3 Å². The summed E-state index contributed by atoms with van der Waals surface area (Å²) in [6.45, 7) is -0.471. The van der Waals surface area contributed by atoms with Gasteiger partial charge in [-0.05, 0) is 71.8 Å². The maximum Gasteiger partial charge on any atom is 0.326 e. The molecule has 0 spiro atoms. The molecular formula is C31H27N3O6. The van der Waals surface area contributed by atoms with E-state index in [4.69, 9.17) is 14.2 Å². The lowest BCUT2D eigenvalue weighted by Crippen LogP contribution is -2.45. The molecule has 0 radical (unpaired) electrons. The molecule has 0 saturated carbocycles. The number of nitrogens with zero attached hydrogens (tertiary/aromatic N) is 1. The second-order valence-electron chi connectivity index (χ2n) is 9.02. The number of amides is 4. The van der Waals surface area contributed by atoms with Crippen LogP contribution in [0.5, 0.6) is 23.0 Å². The summed E-state index contributed by atoms with van der Waals surface area (Å²) in [6, 6.07) is 29.1. The van der Waals surface area contributed by atoms with Crippen LogP contribution in [0.1, 0.15) is 11.1 Å². The van der Waals surface area contributed by atoms with Gasteiger partial charge in [0.25, 0.3) is 5.91 Å². The Hall–Kier alpha value is -5.31. The minimum atomic E-state index is -1.54. The van der Waals surface area contributed by atoms with E-state index in [1.54, 1.807) is 87.0 Å². The fourth-order valence-electron chi connectivity index (χ4n) is 4.53. The molecule has 1 fully saturated rings. The van der Waals surface area contributed by atoms with Crippen molar-refractivity contribution in [1.29, 1.82) is 0 Å². The van der Waals surface area contributed by atoms with Crippen LogP contribution in [0, 0.1) is 0 Å². The van der Waals surface area contributed by atoms with Gasteiger partial charge in [-0.3, -0.25) is 14.5 Å². The number of hydrogen-bond donors (Lipinski definition) is 2. The zero-order valence-corrected chi connectivity index (χ0v) is 21.9. The summed E-state index contributed by atoms with van der Waals surface area (Å²) in [5.74, 6) is 1.39. The highest BCUT2D eigenvalue weighted by Gasteiger charge is 2.54. The van der Waals surface area contributed by atoms with Crippen molar-refractivity contribution in [2.24, 2.45) is 0 Å². The zero-order valence-electron chi connectivity index (χ0n) is 21.9. The van der Waals surface area contributed by atoms with Crippen LogP contribution in [0.3, 0.4) is 0 Å². The Balaban J connectivity index is 1.35. The standard InChI is InChI=1S/C31H27N3O6/c1-38-24-14-8-21(9-15-24)31(22-10-16-25(39-2)17-11-22)29(36)34(30(37)33-31)20-28(35)32-23-12-18-27(19-13-23)40-26-6-4-3-5-7-26/h3-19H,20H2,1-2H3,(H,32,35)(H,33,37). The van der Waals surface area contributed by atoms with E-state index in [0.717, 1.165) is 4.90 Å². The Morgan fingerprint density at radius 3 is 1.75 bits per heavy atom. The SMILES string of the molecule is COc1ccc(C2(c3ccc(OC)cc3)NC(=O)N(CC(=O)Nc3ccc(Oc4ccccc4)cc3)C2=O)cc1. The van der Waals surface area contributed by atoms with Crippen LogP contribution in [0.15, 0.2) is 103 Å². The van der Waals surface area contributed by atoms with Crippen LogP contribution < -0.4 is 24.8 Å². The van der Waals surface area contributed by atoms with Gasteiger partial charge in [-0.15, -0.1) is 0 Å². The van der Waals surface area contributed by atoms with Gasteiger partial charge in [0.1, 0.15) is 29.5 Å². The number of imide groups is 1. The van der Waals surface area contributed by atoms with Crippen LogP contribution in [0.4, 0.5) is 10.5 Å². The van der Waals surface area contributed by atoms with Crippen molar-refractivity contribution in [2.45, 2.75) is 5.54 Å². The largest absolute Gasteiger partial charge is 0.497 e. The zero-order chi connectivity index (χ0) is 28.1. The van der Waals surface area contributed by atoms with E-state index in [1.165, 1.54) is 0 Å². The molecular weight excluding hydrogens is 510 g/mol. The van der Waals surface area contributed by atoms with Crippen molar-refractivity contribution in [3.63, 3.8) is 0 Å². The average molecular weight is 538 g/mol. The van der Waals surface area contributed by atoms with Crippen molar-refractivity contribution in [3.05, 3.63) is 114 Å². The second-order valence-corrected chi connectivity index (χ2v) is 9.02. The number of rotatable bonds is 9. The number of urea groups is 1. The molecule has 0 unspecified atom stereocenters. The predicted octanol–water partition coefficient (Wildman–Crippen LogP) is 4.93. The van der Waals surface area contributed by atoms with Gasteiger partial charge in [-0.2, -0.15) is 0 Å². The quantitative estimate of drug-likeness (QED) is 0.293. The molecule has 0 bridgehead atoms. The molecule has 40 heavy (non-hydrogen) atoms. The monoisotopic (exact) mass is 537 g/mol. The third kappa shape index (κ3) is 5.17. The molecule has 1 aliphatic rings. The summed E-state index contributed by atoms with van der Waals surface area (Å²) in [6.07, 6.45) is 0. The Morgan fingerprint density at radius 2 is 1.23 bits per heavy atom.